The average Bonchev–Trinajstić information content (AvgIpc) is 3.45. The second-order valence-corrected chi connectivity index (χ2v) is 8.59. The molecular formula is C28H25N3O4. The molecule has 176 valence electrons. The standard InChI is InChI=1S/C28H25N3O4/c32-26(29-21-10-12-22(13-11-21)30-27(33)25-9-4-18-35-25)20-14-16-31(17-15-20)28(34)24-8-3-6-19-5-1-2-7-23(19)24/h1-13,18,20H,14-17H2,(H,29,32)(H,30,33). The van der Waals surface area contributed by atoms with Gasteiger partial charge in [0.25, 0.3) is 11.8 Å². The molecule has 7 nitrogen and oxygen atoms in total. The van der Waals surface area contributed by atoms with E-state index in [1.165, 1.54) is 6.26 Å². The molecule has 0 atom stereocenters. The molecule has 1 fully saturated rings. The molecule has 1 aromatic heterocycles. The highest BCUT2D eigenvalue weighted by atomic mass is 16.3. The van der Waals surface area contributed by atoms with Crippen molar-refractivity contribution in [3.05, 3.63) is 96.4 Å². The predicted octanol–water partition coefficient (Wildman–Crippen LogP) is 5.18. The maximum absolute atomic E-state index is 13.2. The van der Waals surface area contributed by atoms with E-state index in [9.17, 15) is 14.4 Å². The SMILES string of the molecule is O=C(Nc1ccc(NC(=O)C2CCN(C(=O)c3cccc4ccccc34)CC2)cc1)c1ccco1. The monoisotopic (exact) mass is 467 g/mol. The van der Waals surface area contributed by atoms with Crippen molar-refractivity contribution in [3.63, 3.8) is 0 Å². The second-order valence-electron chi connectivity index (χ2n) is 8.59. The summed E-state index contributed by atoms with van der Waals surface area (Å²) in [5.41, 5.74) is 1.95. The summed E-state index contributed by atoms with van der Waals surface area (Å²) in [6, 6.07) is 23.8. The van der Waals surface area contributed by atoms with Gasteiger partial charge in [-0.3, -0.25) is 14.4 Å². The van der Waals surface area contributed by atoms with E-state index < -0.39 is 0 Å². The van der Waals surface area contributed by atoms with Crippen molar-refractivity contribution in [2.75, 3.05) is 23.7 Å². The molecule has 2 heterocycles. The minimum absolute atomic E-state index is 0.00726. The predicted molar refractivity (Wildman–Crippen MR) is 134 cm³/mol. The van der Waals surface area contributed by atoms with E-state index in [4.69, 9.17) is 4.42 Å². The third kappa shape index (κ3) is 4.94. The lowest BCUT2D eigenvalue weighted by Crippen LogP contribution is -2.41. The highest BCUT2D eigenvalue weighted by molar-refractivity contribution is 6.07. The highest BCUT2D eigenvalue weighted by Crippen LogP contribution is 2.25. The van der Waals surface area contributed by atoms with Crippen LogP contribution in [0.5, 0.6) is 0 Å². The molecule has 0 radical (unpaired) electrons. The van der Waals surface area contributed by atoms with Crippen molar-refractivity contribution in [1.29, 1.82) is 0 Å². The molecule has 35 heavy (non-hydrogen) atoms. The topological polar surface area (TPSA) is 91.7 Å². The molecular weight excluding hydrogens is 442 g/mol. The van der Waals surface area contributed by atoms with Gasteiger partial charge in [-0.1, -0.05) is 36.4 Å². The third-order valence-electron chi connectivity index (χ3n) is 6.33. The largest absolute Gasteiger partial charge is 0.459 e. The lowest BCUT2D eigenvalue weighted by atomic mass is 9.94. The zero-order valence-electron chi connectivity index (χ0n) is 19.1. The lowest BCUT2D eigenvalue weighted by molar-refractivity contribution is -0.121. The van der Waals surface area contributed by atoms with Crippen LogP contribution < -0.4 is 10.6 Å². The number of carbonyl (C=O) groups excluding carboxylic acids is 3. The summed E-state index contributed by atoms with van der Waals surface area (Å²) in [6.45, 7) is 1.08. The Morgan fingerprint density at radius 2 is 1.46 bits per heavy atom. The first-order valence-corrected chi connectivity index (χ1v) is 11.6. The number of carbonyl (C=O) groups is 3. The number of benzene rings is 3. The lowest BCUT2D eigenvalue weighted by Gasteiger charge is -2.31. The molecule has 0 spiro atoms. The molecule has 5 rings (SSSR count). The first kappa shape index (κ1) is 22.4. The molecule has 3 amide bonds. The number of nitrogens with zero attached hydrogens (tertiary/aromatic N) is 1. The molecule has 7 heteroatoms. The number of hydrogen-bond donors (Lipinski definition) is 2. The van der Waals surface area contributed by atoms with Gasteiger partial charge in [-0.2, -0.15) is 0 Å². The van der Waals surface area contributed by atoms with Crippen LogP contribution in [0.2, 0.25) is 0 Å². The van der Waals surface area contributed by atoms with Gasteiger partial charge in [-0.05, 0) is 66.1 Å². The van der Waals surface area contributed by atoms with Crippen LogP contribution in [0.3, 0.4) is 0 Å². The molecule has 1 saturated heterocycles. The number of anilines is 2. The van der Waals surface area contributed by atoms with Crippen molar-refractivity contribution >= 4 is 39.9 Å². The number of amides is 3. The van der Waals surface area contributed by atoms with Crippen LogP contribution in [0.1, 0.15) is 33.8 Å². The number of hydrogen-bond acceptors (Lipinski definition) is 4. The Morgan fingerprint density at radius 3 is 2.17 bits per heavy atom. The van der Waals surface area contributed by atoms with E-state index in [0.29, 0.717) is 42.9 Å². The zero-order valence-corrected chi connectivity index (χ0v) is 19.1. The second kappa shape index (κ2) is 9.85. The van der Waals surface area contributed by atoms with E-state index in [2.05, 4.69) is 10.6 Å². The van der Waals surface area contributed by atoms with Crippen LogP contribution in [0, 0.1) is 5.92 Å². The summed E-state index contributed by atoms with van der Waals surface area (Å²) in [5.74, 6) is -0.323. The Kier molecular flexibility index (Phi) is 6.30. The summed E-state index contributed by atoms with van der Waals surface area (Å²) < 4.78 is 5.08. The molecule has 1 aliphatic heterocycles. The Bertz CT molecular complexity index is 1350. The fourth-order valence-electron chi connectivity index (χ4n) is 4.41. The summed E-state index contributed by atoms with van der Waals surface area (Å²) in [6.07, 6.45) is 2.66. The molecule has 0 unspecified atom stereocenters. The first-order chi connectivity index (χ1) is 17.1. The molecule has 1 aliphatic rings. The van der Waals surface area contributed by atoms with E-state index in [1.807, 2.05) is 47.4 Å². The number of piperidine rings is 1. The van der Waals surface area contributed by atoms with Gasteiger partial charge in [-0.15, -0.1) is 0 Å². The highest BCUT2D eigenvalue weighted by Gasteiger charge is 2.28. The van der Waals surface area contributed by atoms with Crippen LogP contribution >= 0.6 is 0 Å². The van der Waals surface area contributed by atoms with Crippen LogP contribution in [-0.4, -0.2) is 35.7 Å². The Labute approximate surface area is 202 Å². The summed E-state index contributed by atoms with van der Waals surface area (Å²) >= 11 is 0. The van der Waals surface area contributed by atoms with Crippen molar-refractivity contribution in [2.45, 2.75) is 12.8 Å². The number of nitrogens with one attached hydrogen (secondary N) is 2. The van der Waals surface area contributed by atoms with E-state index in [-0.39, 0.29) is 29.4 Å². The van der Waals surface area contributed by atoms with Gasteiger partial charge in [0.05, 0.1) is 6.26 Å². The Morgan fingerprint density at radius 1 is 0.771 bits per heavy atom. The van der Waals surface area contributed by atoms with Crippen molar-refractivity contribution in [3.8, 4) is 0 Å². The molecule has 0 saturated carbocycles. The smallest absolute Gasteiger partial charge is 0.291 e. The molecule has 3 aromatic carbocycles. The molecule has 2 N–H and O–H groups in total. The number of furan rings is 1. The number of rotatable bonds is 5. The third-order valence-corrected chi connectivity index (χ3v) is 6.33. The Balaban J connectivity index is 1.15. The first-order valence-electron chi connectivity index (χ1n) is 11.6. The number of likely N-dealkylation sites (tertiary alicyclic amines) is 1. The quantitative estimate of drug-likeness (QED) is 0.423. The summed E-state index contributed by atoms with van der Waals surface area (Å²) in [7, 11) is 0. The van der Waals surface area contributed by atoms with Gasteiger partial charge in [0.1, 0.15) is 0 Å². The van der Waals surface area contributed by atoms with Gasteiger partial charge >= 0.3 is 0 Å². The Hall–Kier alpha value is -4.39. The van der Waals surface area contributed by atoms with Gasteiger partial charge in [0.2, 0.25) is 5.91 Å². The molecule has 0 bridgehead atoms. The zero-order chi connectivity index (χ0) is 24.2. The van der Waals surface area contributed by atoms with E-state index in [1.54, 1.807) is 36.4 Å². The average molecular weight is 468 g/mol. The minimum atomic E-state index is -0.336. The van der Waals surface area contributed by atoms with Crippen LogP contribution in [0.4, 0.5) is 11.4 Å². The van der Waals surface area contributed by atoms with Gasteiger partial charge in [0.15, 0.2) is 5.76 Å². The minimum Gasteiger partial charge on any atom is -0.459 e. The fourth-order valence-corrected chi connectivity index (χ4v) is 4.41. The summed E-state index contributed by atoms with van der Waals surface area (Å²) in [5, 5.41) is 7.68. The normalized spacial score (nSPS) is 14.0. The van der Waals surface area contributed by atoms with Crippen molar-refractivity contribution < 1.29 is 18.8 Å². The molecule has 4 aromatic rings. The van der Waals surface area contributed by atoms with Crippen molar-refractivity contribution in [2.24, 2.45) is 5.92 Å². The van der Waals surface area contributed by atoms with Crippen LogP contribution in [0.25, 0.3) is 10.8 Å². The summed E-state index contributed by atoms with van der Waals surface area (Å²) in [4.78, 5) is 39.9. The number of fused-ring (bicyclic) bond motifs is 1. The van der Waals surface area contributed by atoms with Gasteiger partial charge < -0.3 is 20.0 Å². The van der Waals surface area contributed by atoms with Gasteiger partial charge in [-0.25, -0.2) is 0 Å². The van der Waals surface area contributed by atoms with Gasteiger partial charge in [0, 0.05) is 35.9 Å². The van der Waals surface area contributed by atoms with Crippen molar-refractivity contribution in [1.82, 2.24) is 4.90 Å². The maximum Gasteiger partial charge on any atom is 0.291 e. The maximum atomic E-state index is 13.2. The fraction of sp³-hybridized carbons (Fsp3) is 0.179. The van der Waals surface area contributed by atoms with Crippen LogP contribution in [-0.2, 0) is 4.79 Å². The van der Waals surface area contributed by atoms with Crippen LogP contribution in [0.15, 0.2) is 89.5 Å². The molecule has 0 aliphatic carbocycles. The van der Waals surface area contributed by atoms with E-state index in [0.717, 1.165) is 10.8 Å². The van der Waals surface area contributed by atoms with E-state index >= 15 is 0 Å².